The van der Waals surface area contributed by atoms with E-state index in [1.807, 2.05) is 51.1 Å². The van der Waals surface area contributed by atoms with E-state index < -0.39 is 5.60 Å². The summed E-state index contributed by atoms with van der Waals surface area (Å²) < 4.78 is 32.1. The Balaban J connectivity index is 1.55. The minimum atomic E-state index is -0.551. The van der Waals surface area contributed by atoms with E-state index in [1.165, 1.54) is 12.1 Å². The Morgan fingerprint density at radius 3 is 2.41 bits per heavy atom. The van der Waals surface area contributed by atoms with Crippen LogP contribution in [0.5, 0.6) is 5.75 Å². The van der Waals surface area contributed by atoms with Crippen molar-refractivity contribution in [3.05, 3.63) is 95.3 Å². The average molecular weight is 436 g/mol. The first-order valence-corrected chi connectivity index (χ1v) is 11.0. The highest BCUT2D eigenvalue weighted by Crippen LogP contribution is 2.44. The summed E-state index contributed by atoms with van der Waals surface area (Å²) in [7, 11) is 0. The molecule has 3 aromatic carbocycles. The minimum absolute atomic E-state index is 0.233. The van der Waals surface area contributed by atoms with E-state index in [-0.39, 0.29) is 18.0 Å². The van der Waals surface area contributed by atoms with Gasteiger partial charge in [0.1, 0.15) is 29.4 Å². The lowest BCUT2D eigenvalue weighted by atomic mass is 9.87. The molecule has 0 bridgehead atoms. The Kier molecular flexibility index (Phi) is 6.77. The molecule has 1 heterocycles. The minimum Gasteiger partial charge on any atom is -0.485 e. The normalized spacial score (nSPS) is 19.1. The van der Waals surface area contributed by atoms with Crippen molar-refractivity contribution in [1.82, 2.24) is 0 Å². The second-order valence-electron chi connectivity index (χ2n) is 8.53. The van der Waals surface area contributed by atoms with E-state index in [0.29, 0.717) is 19.8 Å². The van der Waals surface area contributed by atoms with Gasteiger partial charge in [-0.05, 0) is 62.2 Å². The molecule has 168 valence electrons. The van der Waals surface area contributed by atoms with Crippen LogP contribution < -0.4 is 10.1 Å². The van der Waals surface area contributed by atoms with Crippen molar-refractivity contribution in [3.63, 3.8) is 0 Å². The van der Waals surface area contributed by atoms with Crippen LogP contribution in [-0.2, 0) is 22.6 Å². The molecule has 0 amide bonds. The summed E-state index contributed by atoms with van der Waals surface area (Å²) in [6.07, 6.45) is -0.530. The van der Waals surface area contributed by atoms with Gasteiger partial charge in [-0.1, -0.05) is 42.5 Å². The zero-order chi connectivity index (χ0) is 22.6. The van der Waals surface area contributed by atoms with Crippen molar-refractivity contribution in [1.29, 1.82) is 0 Å². The highest BCUT2D eigenvalue weighted by atomic mass is 19.1. The summed E-state index contributed by atoms with van der Waals surface area (Å²) >= 11 is 0. The Morgan fingerprint density at radius 2 is 1.69 bits per heavy atom. The number of nitrogens with one attached hydrogen (secondary N) is 1. The fraction of sp³-hybridized carbons (Fsp3) is 0.333. The van der Waals surface area contributed by atoms with Crippen LogP contribution in [0.1, 0.15) is 43.6 Å². The molecular weight excluding hydrogens is 405 g/mol. The summed E-state index contributed by atoms with van der Waals surface area (Å²) in [5, 5.41) is 3.41. The van der Waals surface area contributed by atoms with E-state index >= 15 is 0 Å². The van der Waals surface area contributed by atoms with Crippen LogP contribution in [0, 0.1) is 5.82 Å². The van der Waals surface area contributed by atoms with Crippen molar-refractivity contribution in [2.24, 2.45) is 0 Å². The summed E-state index contributed by atoms with van der Waals surface area (Å²) in [5.41, 5.74) is 3.48. The third-order valence-corrected chi connectivity index (χ3v) is 5.68. The van der Waals surface area contributed by atoms with Crippen molar-refractivity contribution in [2.45, 2.75) is 51.7 Å². The molecule has 1 aliphatic rings. The highest BCUT2D eigenvalue weighted by Gasteiger charge is 2.45. The van der Waals surface area contributed by atoms with Crippen LogP contribution in [0.2, 0.25) is 0 Å². The van der Waals surface area contributed by atoms with E-state index in [1.54, 1.807) is 12.1 Å². The van der Waals surface area contributed by atoms with Crippen LogP contribution in [0.4, 0.5) is 10.1 Å². The zero-order valence-electron chi connectivity index (χ0n) is 18.8. The molecule has 0 saturated carbocycles. The molecule has 0 aliphatic carbocycles. The Hall–Kier alpha value is -2.89. The maximum absolute atomic E-state index is 13.2. The van der Waals surface area contributed by atoms with Gasteiger partial charge in [0.25, 0.3) is 0 Å². The number of halogens is 1. The third-order valence-electron chi connectivity index (χ3n) is 5.68. The van der Waals surface area contributed by atoms with Crippen LogP contribution in [0.25, 0.3) is 0 Å². The molecule has 4 nitrogen and oxygen atoms in total. The predicted octanol–water partition coefficient (Wildman–Crippen LogP) is 6.27. The number of hydrogen-bond donors (Lipinski definition) is 1. The number of hydrogen-bond acceptors (Lipinski definition) is 4. The van der Waals surface area contributed by atoms with Gasteiger partial charge in [-0.3, -0.25) is 0 Å². The molecule has 4 rings (SSSR count). The van der Waals surface area contributed by atoms with Gasteiger partial charge in [0.15, 0.2) is 0 Å². The van der Waals surface area contributed by atoms with Gasteiger partial charge >= 0.3 is 0 Å². The van der Waals surface area contributed by atoms with Crippen LogP contribution in [0.3, 0.4) is 0 Å². The molecule has 2 atom stereocenters. The molecule has 0 fully saturated rings. The average Bonchev–Trinajstić information content (AvgIpc) is 2.79. The van der Waals surface area contributed by atoms with Gasteiger partial charge in [-0.25, -0.2) is 4.39 Å². The molecular formula is C27H30FNO3. The van der Waals surface area contributed by atoms with Crippen molar-refractivity contribution in [3.8, 4) is 5.75 Å². The second kappa shape index (κ2) is 9.72. The van der Waals surface area contributed by atoms with Crippen LogP contribution in [0.15, 0.2) is 72.8 Å². The van der Waals surface area contributed by atoms with Crippen molar-refractivity contribution in [2.75, 3.05) is 11.9 Å². The molecule has 0 radical (unpaired) electrons. The standard InChI is InChI=1S/C27H30FNO3/c1-4-30-25-23-16-22(29-17-19-10-12-21(28)13-11-19)14-15-24(23)32-27(2,3)26(25)31-18-20-8-6-5-7-9-20/h5-16,25-26,29H,4,17-18H2,1-3H3. The maximum Gasteiger partial charge on any atom is 0.132 e. The smallest absolute Gasteiger partial charge is 0.132 e. The second-order valence-corrected chi connectivity index (χ2v) is 8.53. The molecule has 2 unspecified atom stereocenters. The van der Waals surface area contributed by atoms with Crippen LogP contribution in [-0.4, -0.2) is 18.3 Å². The Bertz CT molecular complexity index is 1020. The quantitative estimate of drug-likeness (QED) is 0.453. The van der Waals surface area contributed by atoms with Gasteiger partial charge in [0.2, 0.25) is 0 Å². The Morgan fingerprint density at radius 1 is 0.938 bits per heavy atom. The summed E-state index contributed by atoms with van der Waals surface area (Å²) in [5.74, 6) is 0.573. The van der Waals surface area contributed by atoms with E-state index in [9.17, 15) is 4.39 Å². The first-order valence-electron chi connectivity index (χ1n) is 11.0. The summed E-state index contributed by atoms with van der Waals surface area (Å²) in [6, 6.07) is 22.7. The van der Waals surface area contributed by atoms with E-state index in [0.717, 1.165) is 28.1 Å². The van der Waals surface area contributed by atoms with Gasteiger partial charge in [-0.15, -0.1) is 0 Å². The van der Waals surface area contributed by atoms with Gasteiger partial charge in [-0.2, -0.15) is 0 Å². The van der Waals surface area contributed by atoms with E-state index in [4.69, 9.17) is 14.2 Å². The Labute approximate surface area is 189 Å². The number of anilines is 1. The molecule has 1 N–H and O–H groups in total. The fourth-order valence-corrected chi connectivity index (χ4v) is 4.05. The number of benzene rings is 3. The maximum atomic E-state index is 13.2. The number of rotatable bonds is 8. The first kappa shape index (κ1) is 22.3. The fourth-order valence-electron chi connectivity index (χ4n) is 4.05. The number of fused-ring (bicyclic) bond motifs is 1. The van der Waals surface area contributed by atoms with E-state index in [2.05, 4.69) is 23.5 Å². The zero-order valence-corrected chi connectivity index (χ0v) is 18.8. The van der Waals surface area contributed by atoms with Crippen molar-refractivity contribution < 1.29 is 18.6 Å². The SMILES string of the molecule is CCOC1c2cc(NCc3ccc(F)cc3)ccc2OC(C)(C)C1OCc1ccccc1. The molecule has 1 aliphatic heterocycles. The van der Waals surface area contributed by atoms with Gasteiger partial charge in [0.05, 0.1) is 6.61 Å². The largest absolute Gasteiger partial charge is 0.485 e. The molecule has 0 saturated heterocycles. The van der Waals surface area contributed by atoms with Crippen molar-refractivity contribution >= 4 is 5.69 Å². The summed E-state index contributed by atoms with van der Waals surface area (Å²) in [4.78, 5) is 0. The molecule has 32 heavy (non-hydrogen) atoms. The van der Waals surface area contributed by atoms with Gasteiger partial charge < -0.3 is 19.5 Å². The summed E-state index contributed by atoms with van der Waals surface area (Å²) in [6.45, 7) is 7.72. The highest BCUT2D eigenvalue weighted by molar-refractivity contribution is 5.54. The lowest BCUT2D eigenvalue weighted by Gasteiger charge is -2.44. The number of ether oxygens (including phenoxy) is 3. The van der Waals surface area contributed by atoms with Crippen LogP contribution >= 0.6 is 0 Å². The topological polar surface area (TPSA) is 39.7 Å². The molecule has 0 aromatic heterocycles. The van der Waals surface area contributed by atoms with Gasteiger partial charge in [0, 0.05) is 24.4 Å². The first-order chi connectivity index (χ1) is 15.5. The monoisotopic (exact) mass is 435 g/mol. The molecule has 5 heteroatoms. The lowest BCUT2D eigenvalue weighted by molar-refractivity contribution is -0.165. The predicted molar refractivity (Wildman–Crippen MR) is 124 cm³/mol. The third kappa shape index (κ3) is 5.12. The molecule has 0 spiro atoms. The molecule has 3 aromatic rings. The lowest BCUT2D eigenvalue weighted by Crippen LogP contribution is -2.51.